The fourth-order valence-corrected chi connectivity index (χ4v) is 4.93. The van der Waals surface area contributed by atoms with Gasteiger partial charge >= 0.3 is 0 Å². The van der Waals surface area contributed by atoms with E-state index in [-0.39, 0.29) is 16.7 Å². The lowest BCUT2D eigenvalue weighted by Gasteiger charge is -2.44. The van der Waals surface area contributed by atoms with Crippen LogP contribution in [0.1, 0.15) is 83.9 Å². The van der Waals surface area contributed by atoms with Crippen molar-refractivity contribution < 1.29 is 14.4 Å². The van der Waals surface area contributed by atoms with Crippen LogP contribution in [0.5, 0.6) is 0 Å². The van der Waals surface area contributed by atoms with E-state index in [1.165, 1.54) is 6.42 Å². The number of rotatable bonds is 3. The molecule has 1 saturated carbocycles. The van der Waals surface area contributed by atoms with Crippen LogP contribution < -0.4 is 0 Å². The summed E-state index contributed by atoms with van der Waals surface area (Å²) in [4.78, 5) is 18.5. The predicted molar refractivity (Wildman–Crippen MR) is 93.7 cm³/mol. The van der Waals surface area contributed by atoms with Crippen LogP contribution in [0.2, 0.25) is 0 Å². The minimum atomic E-state index is -0.898. The molecule has 1 aromatic rings. The van der Waals surface area contributed by atoms with E-state index in [0.29, 0.717) is 31.3 Å². The molecule has 2 aliphatic rings. The average Bonchev–Trinajstić information content (AvgIpc) is 2.88. The highest BCUT2D eigenvalue weighted by Crippen LogP contribution is 2.51. The molecule has 0 aromatic carbocycles. The molecule has 0 spiro atoms. The summed E-state index contributed by atoms with van der Waals surface area (Å²) in [6.07, 6.45) is 4.70. The molecule has 0 bridgehead atoms. The molecule has 1 N–H and O–H groups in total. The van der Waals surface area contributed by atoms with Gasteiger partial charge in [0.2, 0.25) is 5.89 Å². The van der Waals surface area contributed by atoms with Gasteiger partial charge in [0.05, 0.1) is 0 Å². The zero-order valence-corrected chi connectivity index (χ0v) is 15.9. The van der Waals surface area contributed by atoms with Crippen molar-refractivity contribution in [3.63, 3.8) is 0 Å². The summed E-state index contributed by atoms with van der Waals surface area (Å²) < 4.78 is 5.44. The van der Waals surface area contributed by atoms with Crippen molar-refractivity contribution in [1.29, 1.82) is 0 Å². The number of aliphatic hydroxyl groups is 1. The van der Waals surface area contributed by atoms with Gasteiger partial charge in [-0.15, -0.1) is 0 Å². The van der Waals surface area contributed by atoms with Crippen molar-refractivity contribution in [1.82, 2.24) is 15.0 Å². The monoisotopic (exact) mass is 349 g/mol. The second kappa shape index (κ2) is 6.71. The average molecular weight is 349 g/mol. The summed E-state index contributed by atoms with van der Waals surface area (Å²) in [5.41, 5.74) is 0.524. The molecule has 1 amide bonds. The molecule has 2 heterocycles. The van der Waals surface area contributed by atoms with Gasteiger partial charge in [0.25, 0.3) is 5.91 Å². The summed E-state index contributed by atoms with van der Waals surface area (Å²) in [6, 6.07) is 0. The molecule has 1 saturated heterocycles. The number of amides is 1. The molecule has 25 heavy (non-hydrogen) atoms. The summed E-state index contributed by atoms with van der Waals surface area (Å²) >= 11 is 0. The lowest BCUT2D eigenvalue weighted by atomic mass is 9.61. The van der Waals surface area contributed by atoms with Gasteiger partial charge in [-0.25, -0.2) is 0 Å². The molecule has 1 aromatic heterocycles. The van der Waals surface area contributed by atoms with Crippen LogP contribution in [0, 0.1) is 10.8 Å². The number of carbonyl (C=O) groups excluding carboxylic acids is 1. The molecular formula is C19H31N3O3. The van der Waals surface area contributed by atoms with E-state index in [1.54, 1.807) is 4.90 Å². The Labute approximate surface area is 150 Å². The number of nitrogens with zero attached hydrogens (tertiary/aromatic N) is 3. The SMILES string of the molecule is CC1(C)CC(c2noc(CN3CCCCC(O)C3=O)n2)CC(C)(C)C1. The van der Waals surface area contributed by atoms with Crippen LogP contribution in [-0.4, -0.2) is 38.7 Å². The van der Waals surface area contributed by atoms with Gasteiger partial charge in [-0.2, -0.15) is 4.98 Å². The Morgan fingerprint density at radius 3 is 2.56 bits per heavy atom. The Morgan fingerprint density at radius 1 is 1.20 bits per heavy atom. The molecule has 1 aliphatic carbocycles. The quantitative estimate of drug-likeness (QED) is 0.906. The number of carbonyl (C=O) groups is 1. The number of aliphatic hydroxyl groups excluding tert-OH is 1. The largest absolute Gasteiger partial charge is 0.383 e. The third kappa shape index (κ3) is 4.40. The van der Waals surface area contributed by atoms with Crippen molar-refractivity contribution in [2.75, 3.05) is 6.54 Å². The molecule has 1 atom stereocenters. The van der Waals surface area contributed by atoms with E-state index in [9.17, 15) is 9.90 Å². The summed E-state index contributed by atoms with van der Waals surface area (Å²) in [6.45, 7) is 10.1. The van der Waals surface area contributed by atoms with E-state index in [0.717, 1.165) is 31.5 Å². The topological polar surface area (TPSA) is 79.5 Å². The van der Waals surface area contributed by atoms with Gasteiger partial charge in [-0.1, -0.05) is 32.9 Å². The molecular weight excluding hydrogens is 318 g/mol. The Morgan fingerprint density at radius 2 is 1.88 bits per heavy atom. The first kappa shape index (κ1) is 18.4. The van der Waals surface area contributed by atoms with Crippen LogP contribution in [0.4, 0.5) is 0 Å². The summed E-state index contributed by atoms with van der Waals surface area (Å²) in [5.74, 6) is 1.30. The fourth-order valence-electron chi connectivity index (χ4n) is 4.93. The molecule has 3 rings (SSSR count). The Kier molecular flexibility index (Phi) is 4.93. The zero-order valence-electron chi connectivity index (χ0n) is 15.9. The molecule has 2 fully saturated rings. The first-order chi connectivity index (χ1) is 11.7. The van der Waals surface area contributed by atoms with Crippen molar-refractivity contribution in [3.05, 3.63) is 11.7 Å². The highest BCUT2D eigenvalue weighted by atomic mass is 16.5. The standard InChI is InChI=1S/C19H31N3O3/c1-18(2)9-13(10-19(3,4)12-18)16-20-15(25-21-16)11-22-8-6-5-7-14(23)17(22)24/h13-14,23H,5-12H2,1-4H3. The van der Waals surface area contributed by atoms with Crippen molar-refractivity contribution in [3.8, 4) is 0 Å². The van der Waals surface area contributed by atoms with Crippen molar-refractivity contribution in [2.45, 2.75) is 84.8 Å². The van der Waals surface area contributed by atoms with Crippen LogP contribution in [-0.2, 0) is 11.3 Å². The maximum Gasteiger partial charge on any atom is 0.251 e. The van der Waals surface area contributed by atoms with E-state index in [4.69, 9.17) is 4.52 Å². The van der Waals surface area contributed by atoms with Gasteiger partial charge in [0.1, 0.15) is 12.6 Å². The molecule has 140 valence electrons. The number of hydrogen-bond acceptors (Lipinski definition) is 5. The highest BCUT2D eigenvalue weighted by Gasteiger charge is 2.40. The number of likely N-dealkylation sites (tertiary alicyclic amines) is 1. The highest BCUT2D eigenvalue weighted by molar-refractivity contribution is 5.80. The lowest BCUT2D eigenvalue weighted by Crippen LogP contribution is -2.37. The third-order valence-corrected chi connectivity index (χ3v) is 5.48. The Bertz CT molecular complexity index is 607. The maximum absolute atomic E-state index is 12.2. The van der Waals surface area contributed by atoms with Crippen LogP contribution in [0.3, 0.4) is 0 Å². The lowest BCUT2D eigenvalue weighted by molar-refractivity contribution is -0.140. The predicted octanol–water partition coefficient (Wildman–Crippen LogP) is 3.26. The maximum atomic E-state index is 12.2. The number of hydrogen-bond donors (Lipinski definition) is 1. The van der Waals surface area contributed by atoms with Crippen LogP contribution >= 0.6 is 0 Å². The van der Waals surface area contributed by atoms with E-state index in [2.05, 4.69) is 37.8 Å². The third-order valence-electron chi connectivity index (χ3n) is 5.48. The fraction of sp³-hybridized carbons (Fsp3) is 0.842. The molecule has 1 aliphatic heterocycles. The second-order valence-electron chi connectivity index (χ2n) is 9.43. The van der Waals surface area contributed by atoms with E-state index in [1.807, 2.05) is 0 Å². The van der Waals surface area contributed by atoms with Gasteiger partial charge in [0, 0.05) is 12.5 Å². The summed E-state index contributed by atoms with van der Waals surface area (Å²) in [7, 11) is 0. The van der Waals surface area contributed by atoms with Crippen LogP contribution in [0.25, 0.3) is 0 Å². The smallest absolute Gasteiger partial charge is 0.251 e. The molecule has 6 heteroatoms. The normalized spacial score (nSPS) is 27.3. The van der Waals surface area contributed by atoms with E-state index >= 15 is 0 Å². The molecule has 0 radical (unpaired) electrons. The van der Waals surface area contributed by atoms with Gasteiger partial charge in [-0.3, -0.25) is 4.79 Å². The second-order valence-corrected chi connectivity index (χ2v) is 9.43. The Hall–Kier alpha value is -1.43. The molecule has 1 unspecified atom stereocenters. The number of aromatic nitrogens is 2. The van der Waals surface area contributed by atoms with Gasteiger partial charge in [-0.05, 0) is 49.4 Å². The summed E-state index contributed by atoms with van der Waals surface area (Å²) in [5, 5.41) is 14.1. The minimum Gasteiger partial charge on any atom is -0.383 e. The van der Waals surface area contributed by atoms with E-state index < -0.39 is 6.10 Å². The van der Waals surface area contributed by atoms with Crippen molar-refractivity contribution >= 4 is 5.91 Å². The van der Waals surface area contributed by atoms with Crippen LogP contribution in [0.15, 0.2) is 4.52 Å². The first-order valence-electron chi connectivity index (χ1n) is 9.45. The first-order valence-corrected chi connectivity index (χ1v) is 9.45. The van der Waals surface area contributed by atoms with Gasteiger partial charge < -0.3 is 14.5 Å². The molecule has 6 nitrogen and oxygen atoms in total. The Balaban J connectivity index is 1.71. The zero-order chi connectivity index (χ0) is 18.2. The van der Waals surface area contributed by atoms with Gasteiger partial charge in [0.15, 0.2) is 5.82 Å². The van der Waals surface area contributed by atoms with Crippen molar-refractivity contribution in [2.24, 2.45) is 10.8 Å². The minimum absolute atomic E-state index is 0.225.